The molecule has 2 amide bonds. The van der Waals surface area contributed by atoms with Gasteiger partial charge in [-0.3, -0.25) is 9.59 Å². The highest BCUT2D eigenvalue weighted by Crippen LogP contribution is 2.46. The number of methoxy groups -OCH3 is 4. The third-order valence-corrected chi connectivity index (χ3v) is 6.63. The fourth-order valence-corrected chi connectivity index (χ4v) is 4.77. The summed E-state index contributed by atoms with van der Waals surface area (Å²) in [7, 11) is 7.79. The number of nitrogens with zero attached hydrogens (tertiary/aromatic N) is 1. The van der Waals surface area contributed by atoms with Crippen LogP contribution in [0.5, 0.6) is 23.0 Å². The van der Waals surface area contributed by atoms with Gasteiger partial charge in [0.05, 0.1) is 45.4 Å². The molecule has 36 heavy (non-hydrogen) atoms. The van der Waals surface area contributed by atoms with Crippen LogP contribution in [-0.2, 0) is 4.79 Å². The lowest BCUT2D eigenvalue weighted by Gasteiger charge is -2.40. The van der Waals surface area contributed by atoms with Crippen molar-refractivity contribution >= 4 is 29.1 Å². The summed E-state index contributed by atoms with van der Waals surface area (Å²) < 4.78 is 21.4. The summed E-state index contributed by atoms with van der Waals surface area (Å²) in [5.41, 5.74) is 2.18. The zero-order chi connectivity index (χ0) is 26.0. The lowest BCUT2D eigenvalue weighted by molar-refractivity contribution is -0.119. The smallest absolute Gasteiger partial charge is 0.254 e. The Hall–Kier alpha value is -3.91. The first-order valence-corrected chi connectivity index (χ1v) is 11.5. The molecule has 0 bridgehead atoms. The first kappa shape index (κ1) is 25.2. The molecule has 0 fully saturated rings. The van der Waals surface area contributed by atoms with Crippen LogP contribution in [0.4, 0.5) is 5.69 Å². The van der Waals surface area contributed by atoms with E-state index >= 15 is 0 Å². The van der Waals surface area contributed by atoms with Crippen molar-refractivity contribution in [3.63, 3.8) is 0 Å². The van der Waals surface area contributed by atoms with Crippen molar-refractivity contribution in [2.75, 3.05) is 40.8 Å². The third kappa shape index (κ3) is 4.52. The van der Waals surface area contributed by atoms with E-state index in [1.807, 2.05) is 12.1 Å². The molecule has 0 saturated carbocycles. The van der Waals surface area contributed by atoms with Gasteiger partial charge in [-0.1, -0.05) is 23.7 Å². The molecular formula is C27H27ClN2O6. The molecule has 2 atom stereocenters. The van der Waals surface area contributed by atoms with Crippen LogP contribution in [0.1, 0.15) is 33.4 Å². The molecule has 0 radical (unpaired) electrons. The van der Waals surface area contributed by atoms with Gasteiger partial charge in [-0.25, -0.2) is 0 Å². The highest BCUT2D eigenvalue weighted by Gasteiger charge is 2.43. The molecule has 1 aliphatic heterocycles. The van der Waals surface area contributed by atoms with Gasteiger partial charge in [-0.05, 0) is 53.6 Å². The van der Waals surface area contributed by atoms with Crippen molar-refractivity contribution in [2.24, 2.45) is 0 Å². The molecule has 3 aromatic rings. The first-order chi connectivity index (χ1) is 17.3. The maximum absolute atomic E-state index is 13.9. The Morgan fingerprint density at radius 1 is 0.861 bits per heavy atom. The Labute approximate surface area is 214 Å². The lowest BCUT2D eigenvalue weighted by Crippen LogP contribution is -2.44. The van der Waals surface area contributed by atoms with Gasteiger partial charge in [-0.2, -0.15) is 0 Å². The summed E-state index contributed by atoms with van der Waals surface area (Å²) in [5.74, 6) is 0.680. The highest BCUT2D eigenvalue weighted by molar-refractivity contribution is 6.32. The Balaban J connectivity index is 1.85. The maximum atomic E-state index is 13.9. The SMILES string of the molecule is COc1ccc([C@H]2[C@@H](C(=O)Nc3ccc(OC)c(Cl)c3)c3cc(OC)c(OC)cc3C(=O)N2C)cc1. The first-order valence-electron chi connectivity index (χ1n) is 11.1. The molecule has 1 heterocycles. The second kappa shape index (κ2) is 10.4. The molecule has 0 spiro atoms. The van der Waals surface area contributed by atoms with Crippen LogP contribution in [-0.4, -0.2) is 52.2 Å². The summed E-state index contributed by atoms with van der Waals surface area (Å²) >= 11 is 6.28. The van der Waals surface area contributed by atoms with Crippen LogP contribution in [0, 0.1) is 0 Å². The molecule has 0 unspecified atom stereocenters. The van der Waals surface area contributed by atoms with E-state index in [9.17, 15) is 9.59 Å². The summed E-state index contributed by atoms with van der Waals surface area (Å²) in [4.78, 5) is 28.9. The van der Waals surface area contributed by atoms with Crippen molar-refractivity contribution in [3.8, 4) is 23.0 Å². The number of fused-ring (bicyclic) bond motifs is 1. The number of carbonyl (C=O) groups is 2. The predicted octanol–water partition coefficient (Wildman–Crippen LogP) is 4.92. The average molecular weight is 511 g/mol. The number of ether oxygens (including phenoxy) is 4. The molecule has 8 nitrogen and oxygen atoms in total. The van der Waals surface area contributed by atoms with E-state index in [1.54, 1.807) is 61.5 Å². The second-order valence-corrected chi connectivity index (χ2v) is 8.65. The summed E-state index contributed by atoms with van der Waals surface area (Å²) in [6.45, 7) is 0. The summed E-state index contributed by atoms with van der Waals surface area (Å²) in [6, 6.07) is 15.0. The molecule has 3 aromatic carbocycles. The third-order valence-electron chi connectivity index (χ3n) is 6.33. The van der Waals surface area contributed by atoms with Crippen molar-refractivity contribution in [1.82, 2.24) is 4.90 Å². The number of benzene rings is 3. The van der Waals surface area contributed by atoms with E-state index in [2.05, 4.69) is 5.32 Å². The maximum Gasteiger partial charge on any atom is 0.254 e. The van der Waals surface area contributed by atoms with Gasteiger partial charge in [0.2, 0.25) is 5.91 Å². The number of likely N-dealkylation sites (N-methyl/N-ethyl adjacent to an activating group) is 1. The molecule has 4 rings (SSSR count). The van der Waals surface area contributed by atoms with Crippen molar-refractivity contribution in [1.29, 1.82) is 0 Å². The van der Waals surface area contributed by atoms with Crippen LogP contribution in [0.15, 0.2) is 54.6 Å². The van der Waals surface area contributed by atoms with Crippen LogP contribution < -0.4 is 24.3 Å². The van der Waals surface area contributed by atoms with Crippen molar-refractivity contribution < 1.29 is 28.5 Å². The summed E-state index contributed by atoms with van der Waals surface area (Å²) in [6.07, 6.45) is 0. The van der Waals surface area contributed by atoms with Crippen LogP contribution >= 0.6 is 11.6 Å². The van der Waals surface area contributed by atoms with E-state index in [0.29, 0.717) is 44.8 Å². The van der Waals surface area contributed by atoms with E-state index in [0.717, 1.165) is 5.56 Å². The monoisotopic (exact) mass is 510 g/mol. The molecule has 0 saturated heterocycles. The standard InChI is InChI=1S/C27H27ClN2O6/c1-30-25(15-6-9-17(33-2)10-7-15)24(26(31)29-16-8-11-21(34-3)20(28)12-16)18-13-22(35-4)23(36-5)14-19(18)27(30)32/h6-14,24-25H,1-5H3,(H,29,31)/t24-,25-/m0/s1. The minimum atomic E-state index is -0.767. The van der Waals surface area contributed by atoms with Gasteiger partial charge in [0.25, 0.3) is 5.91 Å². The fraction of sp³-hybridized carbons (Fsp3) is 0.259. The van der Waals surface area contributed by atoms with Crippen molar-refractivity contribution in [3.05, 3.63) is 76.3 Å². The molecular weight excluding hydrogens is 484 g/mol. The Morgan fingerprint density at radius 2 is 1.50 bits per heavy atom. The number of nitrogens with one attached hydrogen (secondary N) is 1. The van der Waals surface area contributed by atoms with Gasteiger partial charge in [0.15, 0.2) is 11.5 Å². The second-order valence-electron chi connectivity index (χ2n) is 8.24. The number of hydrogen-bond acceptors (Lipinski definition) is 6. The van der Waals surface area contributed by atoms with Crippen LogP contribution in [0.25, 0.3) is 0 Å². The lowest BCUT2D eigenvalue weighted by atomic mass is 9.79. The van der Waals surface area contributed by atoms with Gasteiger partial charge in [-0.15, -0.1) is 0 Å². The molecule has 188 valence electrons. The normalized spacial score (nSPS) is 16.7. The highest BCUT2D eigenvalue weighted by atomic mass is 35.5. The fourth-order valence-electron chi connectivity index (χ4n) is 4.51. The number of anilines is 1. The van der Waals surface area contributed by atoms with E-state index < -0.39 is 12.0 Å². The van der Waals surface area contributed by atoms with Crippen LogP contribution in [0.3, 0.4) is 0 Å². The zero-order valence-electron chi connectivity index (χ0n) is 20.6. The van der Waals surface area contributed by atoms with E-state index in [4.69, 9.17) is 30.5 Å². The van der Waals surface area contributed by atoms with Gasteiger partial charge < -0.3 is 29.2 Å². The molecule has 0 aliphatic carbocycles. The quantitative estimate of drug-likeness (QED) is 0.485. The van der Waals surface area contributed by atoms with Gasteiger partial charge >= 0.3 is 0 Å². The number of rotatable bonds is 7. The Morgan fingerprint density at radius 3 is 2.08 bits per heavy atom. The predicted molar refractivity (Wildman–Crippen MR) is 137 cm³/mol. The Bertz CT molecular complexity index is 1290. The van der Waals surface area contributed by atoms with Gasteiger partial charge in [0.1, 0.15) is 11.5 Å². The molecule has 1 aliphatic rings. The largest absolute Gasteiger partial charge is 0.497 e. The number of amides is 2. The van der Waals surface area contributed by atoms with Gasteiger partial charge in [0, 0.05) is 18.3 Å². The number of halogens is 1. The molecule has 0 aromatic heterocycles. The van der Waals surface area contributed by atoms with Crippen LogP contribution in [0.2, 0.25) is 5.02 Å². The van der Waals surface area contributed by atoms with E-state index in [1.165, 1.54) is 21.3 Å². The number of carbonyl (C=O) groups excluding carboxylic acids is 2. The Kier molecular flexibility index (Phi) is 7.26. The molecule has 9 heteroatoms. The number of hydrogen-bond donors (Lipinski definition) is 1. The minimum Gasteiger partial charge on any atom is -0.497 e. The average Bonchev–Trinajstić information content (AvgIpc) is 2.89. The summed E-state index contributed by atoms with van der Waals surface area (Å²) in [5, 5.41) is 3.32. The zero-order valence-corrected chi connectivity index (χ0v) is 21.4. The topological polar surface area (TPSA) is 86.3 Å². The molecule has 1 N–H and O–H groups in total. The van der Waals surface area contributed by atoms with Crippen molar-refractivity contribution in [2.45, 2.75) is 12.0 Å². The minimum absolute atomic E-state index is 0.233. The van der Waals surface area contributed by atoms with E-state index in [-0.39, 0.29) is 11.8 Å².